The van der Waals surface area contributed by atoms with Crippen LogP contribution in [0.5, 0.6) is 5.75 Å². The van der Waals surface area contributed by atoms with Crippen molar-refractivity contribution in [3.8, 4) is 5.75 Å². The molecule has 1 atom stereocenters. The van der Waals surface area contributed by atoms with E-state index in [1.807, 2.05) is 13.8 Å². The van der Waals surface area contributed by atoms with Crippen LogP contribution in [0.15, 0.2) is 24.3 Å². The van der Waals surface area contributed by atoms with E-state index in [2.05, 4.69) is 0 Å². The van der Waals surface area contributed by atoms with Crippen LogP contribution in [0.2, 0.25) is 0 Å². The van der Waals surface area contributed by atoms with Gasteiger partial charge in [-0.05, 0) is 37.8 Å². The fourth-order valence-corrected chi connectivity index (χ4v) is 2.23. The Balaban J connectivity index is 2.34. The lowest BCUT2D eigenvalue weighted by molar-refractivity contribution is -0.384. The zero-order valence-corrected chi connectivity index (χ0v) is 13.5. The molecule has 0 aliphatic rings. The van der Waals surface area contributed by atoms with Crippen LogP contribution in [-0.4, -0.2) is 23.5 Å². The summed E-state index contributed by atoms with van der Waals surface area (Å²) in [6, 6.07) is 5.12. The SMILES string of the molecule is CC(=O)C(CCCOC(=O)Oc1ccc([N+](=O)[O-])cc1)C(C)C. The summed E-state index contributed by atoms with van der Waals surface area (Å²) >= 11 is 0. The van der Waals surface area contributed by atoms with Gasteiger partial charge in [0.25, 0.3) is 5.69 Å². The number of ether oxygens (including phenoxy) is 2. The van der Waals surface area contributed by atoms with Gasteiger partial charge in [-0.15, -0.1) is 0 Å². The fourth-order valence-electron chi connectivity index (χ4n) is 2.23. The number of carbonyl (C=O) groups excluding carboxylic acids is 2. The summed E-state index contributed by atoms with van der Waals surface area (Å²) in [6.07, 6.45) is 0.345. The van der Waals surface area contributed by atoms with Crippen LogP contribution in [-0.2, 0) is 9.53 Å². The topological polar surface area (TPSA) is 95.7 Å². The van der Waals surface area contributed by atoms with Gasteiger partial charge in [-0.3, -0.25) is 14.9 Å². The first-order chi connectivity index (χ1) is 10.8. The van der Waals surface area contributed by atoms with Gasteiger partial charge >= 0.3 is 6.16 Å². The third kappa shape index (κ3) is 6.46. The number of carbonyl (C=O) groups is 2. The molecular weight excluding hydrogens is 302 g/mol. The molecule has 1 aromatic carbocycles. The minimum absolute atomic E-state index is 0.0377. The molecule has 0 saturated carbocycles. The van der Waals surface area contributed by atoms with Gasteiger partial charge in [0.1, 0.15) is 11.5 Å². The first-order valence-corrected chi connectivity index (χ1v) is 7.40. The van der Waals surface area contributed by atoms with Gasteiger partial charge in [-0.1, -0.05) is 13.8 Å². The maximum absolute atomic E-state index is 11.5. The highest BCUT2D eigenvalue weighted by molar-refractivity contribution is 5.78. The van der Waals surface area contributed by atoms with Crippen molar-refractivity contribution in [1.82, 2.24) is 0 Å². The van der Waals surface area contributed by atoms with Crippen LogP contribution in [0, 0.1) is 22.0 Å². The van der Waals surface area contributed by atoms with Gasteiger partial charge in [0.2, 0.25) is 0 Å². The van der Waals surface area contributed by atoms with Gasteiger partial charge in [0.05, 0.1) is 11.5 Å². The molecule has 7 nitrogen and oxygen atoms in total. The number of non-ortho nitro benzene ring substituents is 1. The van der Waals surface area contributed by atoms with Crippen LogP contribution in [0.4, 0.5) is 10.5 Å². The highest BCUT2D eigenvalue weighted by Gasteiger charge is 2.18. The van der Waals surface area contributed by atoms with E-state index in [9.17, 15) is 19.7 Å². The number of nitro benzene ring substituents is 1. The van der Waals surface area contributed by atoms with E-state index in [0.717, 1.165) is 0 Å². The molecule has 0 aliphatic heterocycles. The largest absolute Gasteiger partial charge is 0.513 e. The molecule has 1 unspecified atom stereocenters. The second-order valence-corrected chi connectivity index (χ2v) is 5.55. The molecule has 0 amide bonds. The van der Waals surface area contributed by atoms with E-state index in [0.29, 0.717) is 12.8 Å². The Morgan fingerprint density at radius 3 is 2.30 bits per heavy atom. The van der Waals surface area contributed by atoms with Gasteiger partial charge in [-0.2, -0.15) is 0 Å². The van der Waals surface area contributed by atoms with Crippen molar-refractivity contribution in [3.63, 3.8) is 0 Å². The number of ketones is 1. The molecular formula is C16H21NO6. The van der Waals surface area contributed by atoms with Crippen LogP contribution in [0.25, 0.3) is 0 Å². The molecule has 126 valence electrons. The van der Waals surface area contributed by atoms with Crippen LogP contribution >= 0.6 is 0 Å². The Morgan fingerprint density at radius 2 is 1.83 bits per heavy atom. The standard InChI is InChI=1S/C16H21NO6/c1-11(2)15(12(3)18)5-4-10-22-16(19)23-14-8-6-13(7-9-14)17(20)21/h6-9,11,15H,4-5,10H2,1-3H3. The van der Waals surface area contributed by atoms with E-state index in [-0.39, 0.29) is 35.7 Å². The highest BCUT2D eigenvalue weighted by atomic mass is 16.7. The lowest BCUT2D eigenvalue weighted by atomic mass is 9.88. The first-order valence-electron chi connectivity index (χ1n) is 7.40. The first kappa shape index (κ1) is 18.6. The third-order valence-corrected chi connectivity index (χ3v) is 3.46. The molecule has 7 heteroatoms. The molecule has 0 aromatic heterocycles. The van der Waals surface area contributed by atoms with E-state index < -0.39 is 11.1 Å². The quantitative estimate of drug-likeness (QED) is 0.238. The van der Waals surface area contributed by atoms with Gasteiger partial charge in [0.15, 0.2) is 0 Å². The monoisotopic (exact) mass is 323 g/mol. The summed E-state index contributed by atoms with van der Waals surface area (Å²) in [5.41, 5.74) is -0.0883. The predicted octanol–water partition coefficient (Wildman–Crippen LogP) is 3.75. The Morgan fingerprint density at radius 1 is 1.22 bits per heavy atom. The summed E-state index contributed by atoms with van der Waals surface area (Å²) in [5.74, 6) is 0.515. The number of benzene rings is 1. The fraction of sp³-hybridized carbons (Fsp3) is 0.500. The molecule has 0 N–H and O–H groups in total. The molecule has 0 heterocycles. The average molecular weight is 323 g/mol. The number of hydrogen-bond acceptors (Lipinski definition) is 6. The van der Waals surface area contributed by atoms with Crippen molar-refractivity contribution in [3.05, 3.63) is 34.4 Å². The number of nitro groups is 1. The minimum atomic E-state index is -0.872. The molecule has 1 rings (SSSR count). The van der Waals surface area contributed by atoms with Crippen molar-refractivity contribution < 1.29 is 24.0 Å². The minimum Gasteiger partial charge on any atom is -0.434 e. The number of Topliss-reactive ketones (excluding diaryl/α,β-unsaturated/α-hetero) is 1. The Labute approximate surface area is 134 Å². The summed E-state index contributed by atoms with van der Waals surface area (Å²) < 4.78 is 9.83. The zero-order chi connectivity index (χ0) is 17.4. The van der Waals surface area contributed by atoms with Crippen molar-refractivity contribution in [2.24, 2.45) is 11.8 Å². The van der Waals surface area contributed by atoms with Gasteiger partial charge < -0.3 is 9.47 Å². The van der Waals surface area contributed by atoms with Crippen molar-refractivity contribution in [2.45, 2.75) is 33.6 Å². The second kappa shape index (κ2) is 8.87. The third-order valence-electron chi connectivity index (χ3n) is 3.46. The van der Waals surface area contributed by atoms with E-state index in [1.54, 1.807) is 6.92 Å². The predicted molar refractivity (Wildman–Crippen MR) is 83.3 cm³/mol. The Hall–Kier alpha value is -2.44. The van der Waals surface area contributed by atoms with Gasteiger partial charge in [-0.25, -0.2) is 4.79 Å². The summed E-state index contributed by atoms with van der Waals surface area (Å²) in [6.45, 7) is 5.68. The summed E-state index contributed by atoms with van der Waals surface area (Å²) in [5, 5.41) is 10.5. The summed E-state index contributed by atoms with van der Waals surface area (Å²) in [4.78, 5) is 32.9. The number of rotatable bonds is 8. The number of hydrogen-bond donors (Lipinski definition) is 0. The van der Waals surface area contributed by atoms with Crippen molar-refractivity contribution in [1.29, 1.82) is 0 Å². The zero-order valence-electron chi connectivity index (χ0n) is 13.5. The molecule has 23 heavy (non-hydrogen) atoms. The lowest BCUT2D eigenvalue weighted by Gasteiger charge is -2.17. The van der Waals surface area contributed by atoms with Crippen molar-refractivity contribution in [2.75, 3.05) is 6.61 Å². The summed E-state index contributed by atoms with van der Waals surface area (Å²) in [7, 11) is 0. The highest BCUT2D eigenvalue weighted by Crippen LogP contribution is 2.19. The normalized spacial score (nSPS) is 11.8. The Kier molecular flexibility index (Phi) is 7.18. The van der Waals surface area contributed by atoms with Crippen molar-refractivity contribution >= 4 is 17.6 Å². The van der Waals surface area contributed by atoms with E-state index in [4.69, 9.17) is 9.47 Å². The molecule has 0 aliphatic carbocycles. The molecule has 0 spiro atoms. The van der Waals surface area contributed by atoms with E-state index >= 15 is 0 Å². The lowest BCUT2D eigenvalue weighted by Crippen LogP contribution is -2.19. The van der Waals surface area contributed by atoms with Crippen LogP contribution in [0.1, 0.15) is 33.6 Å². The van der Waals surface area contributed by atoms with E-state index in [1.165, 1.54) is 24.3 Å². The molecule has 0 bridgehead atoms. The molecule has 0 saturated heterocycles. The maximum Gasteiger partial charge on any atom is 0.513 e. The molecule has 1 aromatic rings. The van der Waals surface area contributed by atoms with Crippen LogP contribution in [0.3, 0.4) is 0 Å². The van der Waals surface area contributed by atoms with Crippen LogP contribution < -0.4 is 4.74 Å². The second-order valence-electron chi connectivity index (χ2n) is 5.55. The molecule has 0 radical (unpaired) electrons. The smallest absolute Gasteiger partial charge is 0.434 e. The maximum atomic E-state index is 11.5. The number of nitrogens with zero attached hydrogens (tertiary/aromatic N) is 1. The average Bonchev–Trinajstić information content (AvgIpc) is 2.46. The Bertz CT molecular complexity index is 552. The molecule has 0 fully saturated rings. The van der Waals surface area contributed by atoms with Gasteiger partial charge in [0, 0.05) is 18.1 Å².